The van der Waals surface area contributed by atoms with Gasteiger partial charge in [0.15, 0.2) is 13.2 Å². The molecular weight excluding hydrogens is 1160 g/mol. The summed E-state index contributed by atoms with van der Waals surface area (Å²) in [6.45, 7) is 5.02. The van der Waals surface area contributed by atoms with E-state index in [1.807, 2.05) is 66.7 Å². The molecule has 0 heterocycles. The second-order valence-corrected chi connectivity index (χ2v) is 19.2. The molecule has 0 aliphatic rings. The minimum absolute atomic E-state index is 0.184. The summed E-state index contributed by atoms with van der Waals surface area (Å²) < 4.78 is 143. The van der Waals surface area contributed by atoms with Gasteiger partial charge in [0.2, 0.25) is 0 Å². The van der Waals surface area contributed by atoms with Gasteiger partial charge >= 0.3 is 64.5 Å². The van der Waals surface area contributed by atoms with E-state index < -0.39 is 121 Å². The normalized spacial score (nSPS) is 14.3. The maximum absolute atomic E-state index is 13.4. The van der Waals surface area contributed by atoms with E-state index in [0.29, 0.717) is 6.42 Å². The molecule has 0 aliphatic carbocycles. The van der Waals surface area contributed by atoms with Crippen LogP contribution in [0.1, 0.15) is 76.8 Å². The number of carbonyl (C=O) groups excluding carboxylic acids is 4. The summed E-state index contributed by atoms with van der Waals surface area (Å²) in [6, 6.07) is 19.3. The Morgan fingerprint density at radius 1 is 0.606 bits per heavy atom. The number of carbonyl (C=O) groups is 4. The van der Waals surface area contributed by atoms with Crippen LogP contribution in [0.4, 0.5) is 43.9 Å². The van der Waals surface area contributed by atoms with Crippen LogP contribution in [-0.4, -0.2) is 102 Å². The fourth-order valence-electron chi connectivity index (χ4n) is 4.43. The third-order valence-corrected chi connectivity index (χ3v) is 9.57. The summed E-state index contributed by atoms with van der Waals surface area (Å²) in [5.74, 6) is -13.0. The zero-order valence-electron chi connectivity index (χ0n) is 36.4. The number of ether oxygens (including phenoxy) is 4. The molecule has 0 aliphatic heterocycles. The van der Waals surface area contributed by atoms with E-state index in [0.717, 1.165) is 19.4 Å². The molecule has 0 saturated carbocycles. The van der Waals surface area contributed by atoms with Gasteiger partial charge in [-0.25, -0.2) is 17.6 Å². The molecule has 0 fully saturated rings. The van der Waals surface area contributed by atoms with E-state index in [1.54, 1.807) is 13.8 Å². The van der Waals surface area contributed by atoms with Gasteiger partial charge in [-0.2, -0.15) is 26.3 Å². The third-order valence-electron chi connectivity index (χ3n) is 8.40. The number of rotatable bonds is 20. The molecule has 0 aromatic heterocycles. The number of benzene rings is 2. The van der Waals surface area contributed by atoms with Gasteiger partial charge in [0, 0.05) is 4.83 Å². The Labute approximate surface area is 408 Å². The number of hydrogen-bond donors (Lipinski definition) is 2. The number of aliphatic hydroxyl groups excluding tert-OH is 2. The molecule has 2 aromatic rings. The molecule has 0 amide bonds. The molecular formula is C42H52Br3CuF10O10. The van der Waals surface area contributed by atoms with Crippen LogP contribution in [0, 0.1) is 16.2 Å². The molecule has 2 N–H and O–H groups in total. The van der Waals surface area contributed by atoms with E-state index in [9.17, 15) is 73.3 Å². The minimum atomic E-state index is -5.15. The quantitative estimate of drug-likeness (QED) is 0.0432. The molecule has 0 saturated heterocycles. The molecule has 66 heavy (non-hydrogen) atoms. The molecule has 3 atom stereocenters. The second-order valence-electron chi connectivity index (χ2n) is 16.1. The summed E-state index contributed by atoms with van der Waals surface area (Å²) in [7, 11) is 0. The predicted octanol–water partition coefficient (Wildman–Crippen LogP) is 11.2. The van der Waals surface area contributed by atoms with E-state index in [1.165, 1.54) is 19.4 Å². The topological polar surface area (TPSA) is 146 Å². The van der Waals surface area contributed by atoms with Gasteiger partial charge in [-0.3, -0.25) is 19.2 Å². The molecule has 382 valence electrons. The van der Waals surface area contributed by atoms with E-state index in [4.69, 9.17) is 9.47 Å². The molecule has 24 heteroatoms. The first-order valence-electron chi connectivity index (χ1n) is 18.9. The first kappa shape index (κ1) is 65.3. The summed E-state index contributed by atoms with van der Waals surface area (Å²) >= 11 is 13.0. The van der Waals surface area contributed by atoms with Gasteiger partial charge in [0.1, 0.15) is 41.2 Å². The summed E-state index contributed by atoms with van der Waals surface area (Å²) in [5.41, 5.74) is -2.73. The monoisotopic (exact) mass is 1210 g/mol. The first-order chi connectivity index (χ1) is 30.0. The van der Waals surface area contributed by atoms with Crippen molar-refractivity contribution in [3.8, 4) is 0 Å². The number of halogens is 13. The average molecular weight is 1210 g/mol. The average Bonchev–Trinajstić information content (AvgIpc) is 3.22. The van der Waals surface area contributed by atoms with Crippen LogP contribution in [0.15, 0.2) is 67.2 Å². The summed E-state index contributed by atoms with van der Waals surface area (Å²) in [5, 5.41) is 18.7. The SMILES string of the molecule is C=Cc1ccccc1.CC(C)(Br)C(=O)OCC(C)(CO)C(=O)OCC(F)(F)CC(F)(F)F.CC(C)(CC(Br)c1ccccc1)C(=O)OCC(C)(CO)C(=O)OCC(F)(F)CC(F)(F)F.[Cu][Br]. The van der Waals surface area contributed by atoms with Crippen molar-refractivity contribution in [1.82, 2.24) is 0 Å². The van der Waals surface area contributed by atoms with Crippen LogP contribution in [0.25, 0.3) is 6.08 Å². The number of esters is 4. The molecule has 3 unspecified atom stereocenters. The predicted molar refractivity (Wildman–Crippen MR) is 230 cm³/mol. The third kappa shape index (κ3) is 27.3. The molecule has 2 rings (SSSR count). The van der Waals surface area contributed by atoms with Gasteiger partial charge in [-0.05, 0) is 59.1 Å². The van der Waals surface area contributed by atoms with E-state index >= 15 is 0 Å². The van der Waals surface area contributed by atoms with Crippen LogP contribution in [0.3, 0.4) is 0 Å². The summed E-state index contributed by atoms with van der Waals surface area (Å²) in [4.78, 5) is 47.9. The first-order valence-corrected chi connectivity index (χ1v) is 23.0. The Balaban J connectivity index is 0. The Kier molecular flexibility index (Phi) is 28.4. The van der Waals surface area contributed by atoms with Crippen LogP contribution >= 0.6 is 46.0 Å². The van der Waals surface area contributed by atoms with Gasteiger partial charge < -0.3 is 29.2 Å². The Morgan fingerprint density at radius 3 is 1.24 bits per heavy atom. The van der Waals surface area contributed by atoms with Gasteiger partial charge in [-0.1, -0.05) is 105 Å². The van der Waals surface area contributed by atoms with Crippen LogP contribution in [0.2, 0.25) is 0 Å². The molecule has 0 spiro atoms. The van der Waals surface area contributed by atoms with Gasteiger partial charge in [0.25, 0.3) is 11.8 Å². The Hall–Kier alpha value is -2.76. The van der Waals surface area contributed by atoms with Crippen molar-refractivity contribution in [1.29, 1.82) is 0 Å². The Bertz CT molecular complexity index is 1790. The Morgan fingerprint density at radius 2 is 0.939 bits per heavy atom. The van der Waals surface area contributed by atoms with Crippen molar-refractivity contribution >= 4 is 75.9 Å². The fourth-order valence-corrected chi connectivity index (χ4v) is 5.66. The van der Waals surface area contributed by atoms with Crippen LogP contribution in [0.5, 0.6) is 0 Å². The van der Waals surface area contributed by atoms with Crippen molar-refractivity contribution < 1.29 is 106 Å². The van der Waals surface area contributed by atoms with Crippen LogP contribution < -0.4 is 0 Å². The number of alkyl halides is 12. The van der Waals surface area contributed by atoms with Crippen molar-refractivity contribution in [3.05, 3.63) is 78.4 Å². The molecule has 2 aromatic carbocycles. The van der Waals surface area contributed by atoms with Crippen molar-refractivity contribution in [2.75, 3.05) is 39.6 Å². The van der Waals surface area contributed by atoms with E-state index in [2.05, 4.69) is 76.2 Å². The maximum atomic E-state index is 13.4. The van der Waals surface area contributed by atoms with E-state index in [-0.39, 0.29) is 4.83 Å². The molecule has 10 nitrogen and oxygen atoms in total. The number of hydrogen-bond acceptors (Lipinski definition) is 10. The van der Waals surface area contributed by atoms with Crippen molar-refractivity contribution in [2.45, 2.75) is 94.2 Å². The van der Waals surface area contributed by atoms with Crippen LogP contribution in [-0.2, 0) is 52.3 Å². The van der Waals surface area contributed by atoms with Crippen molar-refractivity contribution in [2.24, 2.45) is 16.2 Å². The number of aliphatic hydroxyl groups is 2. The van der Waals surface area contributed by atoms with Gasteiger partial charge in [-0.15, -0.1) is 0 Å². The van der Waals surface area contributed by atoms with Gasteiger partial charge in [0.05, 0.1) is 18.6 Å². The molecule has 0 radical (unpaired) electrons. The fraction of sp³-hybridized carbons (Fsp3) is 0.571. The summed E-state index contributed by atoms with van der Waals surface area (Å²) in [6.07, 6.45) is -13.0. The zero-order chi connectivity index (χ0) is 52.0. The van der Waals surface area contributed by atoms with Crippen molar-refractivity contribution in [3.63, 3.8) is 0 Å². The standard InChI is InChI=1S/C21H26BrF5O5.C13H18BrF5O5.C8H8.BrH.Cu/c1-18(2,9-15(22)14-7-5-4-6-8-14)16(29)31-12-19(3,11-28)17(30)32-13-20(23,24)10-21(25,26)27;1-10(2,14)8(21)23-6-11(3,5-20)9(22)24-7-12(15,16)4-13(17,18)19;1-2-8-6-4-3-5-7-8;;/h4-8,15,28H,9-13H2,1-3H3;20H,4-7H2,1-3H3;2-7H,1H2;1H;/q;;;;+1/p-1. The molecule has 0 bridgehead atoms. The zero-order valence-corrected chi connectivity index (χ0v) is 42.1. The second kappa shape index (κ2) is 28.7.